The fourth-order valence-corrected chi connectivity index (χ4v) is 0.779. The average molecular weight is 160 g/mol. The maximum Gasteiger partial charge on any atom is 0.178 e. The fraction of sp³-hybridized carbons (Fsp3) is 0.750. The minimum atomic E-state index is -0.245. The van der Waals surface area contributed by atoms with E-state index in [4.69, 9.17) is 14.2 Å². The summed E-state index contributed by atoms with van der Waals surface area (Å²) in [7, 11) is 4.87. The zero-order valence-electron chi connectivity index (χ0n) is 7.59. The Morgan fingerprint density at radius 3 is 2.18 bits per heavy atom. The SMILES string of the molecule is COC/C=C(\C)C(OC)OC. The van der Waals surface area contributed by atoms with Crippen LogP contribution in [0, 0.1) is 0 Å². The zero-order valence-corrected chi connectivity index (χ0v) is 7.59. The first kappa shape index (κ1) is 10.6. The summed E-state index contributed by atoms with van der Waals surface area (Å²) in [6.07, 6.45) is 1.68. The molecule has 11 heavy (non-hydrogen) atoms. The lowest BCUT2D eigenvalue weighted by atomic mass is 10.3. The molecule has 3 heteroatoms. The molecular formula is C8H16O3. The van der Waals surface area contributed by atoms with Gasteiger partial charge in [-0.25, -0.2) is 0 Å². The second-order valence-electron chi connectivity index (χ2n) is 2.21. The van der Waals surface area contributed by atoms with E-state index in [1.807, 2.05) is 13.0 Å². The van der Waals surface area contributed by atoms with Gasteiger partial charge in [0, 0.05) is 21.3 Å². The van der Waals surface area contributed by atoms with Crippen molar-refractivity contribution < 1.29 is 14.2 Å². The van der Waals surface area contributed by atoms with E-state index in [-0.39, 0.29) is 6.29 Å². The van der Waals surface area contributed by atoms with E-state index in [0.29, 0.717) is 6.61 Å². The largest absolute Gasteiger partial charge is 0.381 e. The van der Waals surface area contributed by atoms with Crippen LogP contribution in [0.2, 0.25) is 0 Å². The van der Waals surface area contributed by atoms with Crippen molar-refractivity contribution in [1.82, 2.24) is 0 Å². The molecule has 0 N–H and O–H groups in total. The molecule has 0 spiro atoms. The first-order chi connectivity index (χ1) is 5.26. The number of hydrogen-bond acceptors (Lipinski definition) is 3. The molecule has 0 aromatic heterocycles. The van der Waals surface area contributed by atoms with Gasteiger partial charge < -0.3 is 14.2 Å². The minimum Gasteiger partial charge on any atom is -0.381 e. The molecule has 66 valence electrons. The first-order valence-corrected chi connectivity index (χ1v) is 3.47. The van der Waals surface area contributed by atoms with Crippen molar-refractivity contribution in [1.29, 1.82) is 0 Å². The predicted molar refractivity (Wildman–Crippen MR) is 43.4 cm³/mol. The molecule has 0 unspecified atom stereocenters. The summed E-state index contributed by atoms with van der Waals surface area (Å²) in [5.41, 5.74) is 1.02. The summed E-state index contributed by atoms with van der Waals surface area (Å²) in [6, 6.07) is 0. The van der Waals surface area contributed by atoms with Gasteiger partial charge in [0.05, 0.1) is 6.61 Å². The molecule has 0 radical (unpaired) electrons. The number of methoxy groups -OCH3 is 3. The van der Waals surface area contributed by atoms with E-state index >= 15 is 0 Å². The van der Waals surface area contributed by atoms with Crippen LogP contribution in [-0.2, 0) is 14.2 Å². The van der Waals surface area contributed by atoms with Crippen molar-refractivity contribution in [3.8, 4) is 0 Å². The van der Waals surface area contributed by atoms with E-state index in [9.17, 15) is 0 Å². The number of ether oxygens (including phenoxy) is 3. The van der Waals surface area contributed by atoms with Crippen molar-refractivity contribution in [3.63, 3.8) is 0 Å². The van der Waals surface area contributed by atoms with E-state index in [0.717, 1.165) is 5.57 Å². The molecule has 3 nitrogen and oxygen atoms in total. The zero-order chi connectivity index (χ0) is 8.69. The van der Waals surface area contributed by atoms with E-state index in [1.54, 1.807) is 21.3 Å². The van der Waals surface area contributed by atoms with Crippen molar-refractivity contribution in [2.75, 3.05) is 27.9 Å². The molecule has 0 amide bonds. The van der Waals surface area contributed by atoms with E-state index in [1.165, 1.54) is 0 Å². The summed E-state index contributed by atoms with van der Waals surface area (Å²) in [4.78, 5) is 0. The highest BCUT2D eigenvalue weighted by atomic mass is 16.7. The van der Waals surface area contributed by atoms with Crippen LogP contribution in [-0.4, -0.2) is 34.2 Å². The molecule has 0 rings (SSSR count). The lowest BCUT2D eigenvalue weighted by Crippen LogP contribution is -2.14. The van der Waals surface area contributed by atoms with Gasteiger partial charge in [0.25, 0.3) is 0 Å². The number of hydrogen-bond donors (Lipinski definition) is 0. The van der Waals surface area contributed by atoms with Crippen LogP contribution in [0.4, 0.5) is 0 Å². The summed E-state index contributed by atoms with van der Waals surface area (Å²) in [5.74, 6) is 0. The van der Waals surface area contributed by atoms with Crippen molar-refractivity contribution >= 4 is 0 Å². The van der Waals surface area contributed by atoms with Crippen molar-refractivity contribution in [2.45, 2.75) is 13.2 Å². The predicted octanol–water partition coefficient (Wildman–Crippen LogP) is 1.20. The van der Waals surface area contributed by atoms with Gasteiger partial charge in [0.2, 0.25) is 0 Å². The Balaban J connectivity index is 3.85. The quantitative estimate of drug-likeness (QED) is 0.446. The molecule has 0 aromatic rings. The summed E-state index contributed by atoms with van der Waals surface area (Å²) < 4.78 is 14.9. The molecule has 0 atom stereocenters. The molecule has 0 saturated heterocycles. The molecule has 0 aliphatic carbocycles. The third kappa shape index (κ3) is 4.14. The molecule has 0 aromatic carbocycles. The lowest BCUT2D eigenvalue weighted by Gasteiger charge is -2.13. The van der Waals surface area contributed by atoms with Gasteiger partial charge in [-0.15, -0.1) is 0 Å². The van der Waals surface area contributed by atoms with E-state index < -0.39 is 0 Å². The Labute approximate surface area is 67.9 Å². The van der Waals surface area contributed by atoms with Crippen LogP contribution in [0.1, 0.15) is 6.92 Å². The van der Waals surface area contributed by atoms with Gasteiger partial charge in [-0.1, -0.05) is 6.08 Å². The minimum absolute atomic E-state index is 0.245. The van der Waals surface area contributed by atoms with Crippen LogP contribution in [0.5, 0.6) is 0 Å². The maximum absolute atomic E-state index is 5.01. The van der Waals surface area contributed by atoms with Gasteiger partial charge >= 0.3 is 0 Å². The van der Waals surface area contributed by atoms with Gasteiger partial charge in [-0.2, -0.15) is 0 Å². The third-order valence-electron chi connectivity index (χ3n) is 1.37. The fourth-order valence-electron chi connectivity index (χ4n) is 0.779. The summed E-state index contributed by atoms with van der Waals surface area (Å²) in [5, 5.41) is 0. The molecule has 0 aliphatic heterocycles. The maximum atomic E-state index is 5.01. The number of rotatable bonds is 5. The average Bonchev–Trinajstić information content (AvgIpc) is 2.03. The monoisotopic (exact) mass is 160 g/mol. The lowest BCUT2D eigenvalue weighted by molar-refractivity contribution is -0.0750. The highest BCUT2D eigenvalue weighted by Gasteiger charge is 2.05. The molecule has 0 bridgehead atoms. The van der Waals surface area contributed by atoms with Gasteiger partial charge in [0.1, 0.15) is 0 Å². The Kier molecular flexibility index (Phi) is 6.12. The van der Waals surface area contributed by atoms with Crippen LogP contribution < -0.4 is 0 Å². The van der Waals surface area contributed by atoms with Gasteiger partial charge in [-0.05, 0) is 12.5 Å². The summed E-state index contributed by atoms with van der Waals surface area (Å²) in [6.45, 7) is 2.53. The van der Waals surface area contributed by atoms with Crippen LogP contribution in [0.15, 0.2) is 11.6 Å². The molecular weight excluding hydrogens is 144 g/mol. The second kappa shape index (κ2) is 6.34. The second-order valence-corrected chi connectivity index (χ2v) is 2.21. The Hall–Kier alpha value is -0.380. The van der Waals surface area contributed by atoms with Crippen LogP contribution in [0.25, 0.3) is 0 Å². The molecule has 0 saturated carbocycles. The van der Waals surface area contributed by atoms with Gasteiger partial charge in [0.15, 0.2) is 6.29 Å². The van der Waals surface area contributed by atoms with Gasteiger partial charge in [-0.3, -0.25) is 0 Å². The first-order valence-electron chi connectivity index (χ1n) is 3.47. The Morgan fingerprint density at radius 2 is 1.82 bits per heavy atom. The smallest absolute Gasteiger partial charge is 0.178 e. The van der Waals surface area contributed by atoms with Crippen LogP contribution in [0.3, 0.4) is 0 Å². The molecule has 0 aliphatic rings. The van der Waals surface area contributed by atoms with Crippen LogP contribution >= 0.6 is 0 Å². The van der Waals surface area contributed by atoms with E-state index in [2.05, 4.69) is 0 Å². The van der Waals surface area contributed by atoms with Crippen molar-refractivity contribution in [2.24, 2.45) is 0 Å². The highest BCUT2D eigenvalue weighted by Crippen LogP contribution is 2.04. The molecule has 0 fully saturated rings. The molecule has 0 heterocycles. The van der Waals surface area contributed by atoms with Crippen molar-refractivity contribution in [3.05, 3.63) is 11.6 Å². The third-order valence-corrected chi connectivity index (χ3v) is 1.37. The topological polar surface area (TPSA) is 27.7 Å². The normalized spacial score (nSPS) is 12.6. The highest BCUT2D eigenvalue weighted by molar-refractivity contribution is 5.01. The Bertz CT molecular complexity index is 117. The Morgan fingerprint density at radius 1 is 1.27 bits per heavy atom. The standard InChI is InChI=1S/C8H16O3/c1-7(5-6-9-2)8(10-3)11-4/h5,8H,6H2,1-4H3/b7-5+. The summed E-state index contributed by atoms with van der Waals surface area (Å²) >= 11 is 0.